The summed E-state index contributed by atoms with van der Waals surface area (Å²) >= 11 is 0. The van der Waals surface area contributed by atoms with Crippen LogP contribution in [0.25, 0.3) is 0 Å². The minimum Gasteiger partial charge on any atom is -0.463 e. The molecule has 392 valence electrons. The summed E-state index contributed by atoms with van der Waals surface area (Å²) in [5, 5.41) is 85.9. The Labute approximate surface area is 396 Å². The molecule has 0 radical (unpaired) electrons. The number of nitrogens with two attached hydrogens (primary N) is 1. The topological polar surface area (TPSA) is 374 Å². The molecule has 24 heteroatoms. The summed E-state index contributed by atoms with van der Waals surface area (Å²) < 4.78 is 34.7. The van der Waals surface area contributed by atoms with Crippen molar-refractivity contribution in [2.75, 3.05) is 19.8 Å². The van der Waals surface area contributed by atoms with Crippen molar-refractivity contribution in [3.63, 3.8) is 0 Å². The third kappa shape index (κ3) is 18.6. The molecule has 5 amide bonds. The Morgan fingerprint density at radius 3 is 1.57 bits per heavy atom. The molecule has 3 fully saturated rings. The normalized spacial score (nSPS) is 32.1. The van der Waals surface area contributed by atoms with Crippen LogP contribution in [0.2, 0.25) is 0 Å². The molecule has 0 saturated carbocycles. The second kappa shape index (κ2) is 30.2. The standard InChI is InChI=1S/C44H77N5O19/c1-5-6-7-8-9-10-11-12-13-14-15-16-17-18-31(56)63-22-29-34(57)37(60)38(61)44(66-29)68-40-28(21-51)65-43(33(36(40)59)48-25(4)54)67-39-27(20-50)64-42(32(35(39)58)47-24(3)53)49-30(55)19-26(41(45)62)46-23(2)52/h26-29,32-40,42-44,50-51,57-61H,5-22H2,1-4H3,(H2,45,62)(H,46,52)(H,47,53)(H,48,54)(H,49,55)/t26-,27+,28+,29+,32+,33+,34+,35+,36+,37-,38-,39+,40+,42?,43-,44-/m0/s1. The van der Waals surface area contributed by atoms with Crippen molar-refractivity contribution in [2.24, 2.45) is 5.73 Å². The van der Waals surface area contributed by atoms with E-state index < -0.39 is 160 Å². The van der Waals surface area contributed by atoms with Gasteiger partial charge < -0.3 is 91.2 Å². The summed E-state index contributed by atoms with van der Waals surface area (Å²) in [5.41, 5.74) is 5.30. The molecule has 3 heterocycles. The number of carbonyl (C=O) groups excluding carboxylic acids is 6. The van der Waals surface area contributed by atoms with E-state index in [0.717, 1.165) is 46.5 Å². The van der Waals surface area contributed by atoms with Crippen molar-refractivity contribution < 1.29 is 92.9 Å². The number of aliphatic hydroxyl groups excluding tert-OH is 7. The summed E-state index contributed by atoms with van der Waals surface area (Å²) in [6.07, 6.45) is -8.21. The number of amides is 5. The molecule has 0 spiro atoms. The highest BCUT2D eigenvalue weighted by molar-refractivity contribution is 5.90. The van der Waals surface area contributed by atoms with Crippen LogP contribution in [-0.4, -0.2) is 189 Å². The molecule has 3 rings (SSSR count). The van der Waals surface area contributed by atoms with E-state index in [1.165, 1.54) is 51.4 Å². The summed E-state index contributed by atoms with van der Waals surface area (Å²) in [6.45, 7) is 3.13. The maximum absolute atomic E-state index is 13.0. The number of carbonyl (C=O) groups is 6. The lowest BCUT2D eigenvalue weighted by molar-refractivity contribution is -0.358. The van der Waals surface area contributed by atoms with Crippen molar-refractivity contribution in [3.05, 3.63) is 0 Å². The SMILES string of the molecule is CCCCCCCCCCCCCCCC(=O)OC[C@H]1O[C@@H](O[C@H]2[C@H](O)[C@@H](NC(C)=O)[C@H](O[C@H]3[C@H](O)[C@@H](NC(C)=O)C(NC(=O)C[C@H](NC(C)=O)C(N)=O)O[C@@H]3CO)O[C@@H]2CO)[C@@H](O)[C@@H](O)[C@@H]1O. The summed E-state index contributed by atoms with van der Waals surface area (Å²) in [5.74, 6) is -4.65. The van der Waals surface area contributed by atoms with E-state index in [-0.39, 0.29) is 6.42 Å². The van der Waals surface area contributed by atoms with Gasteiger partial charge in [0.2, 0.25) is 29.5 Å². The maximum Gasteiger partial charge on any atom is 0.305 e. The average molecular weight is 980 g/mol. The Morgan fingerprint density at radius 1 is 0.574 bits per heavy atom. The van der Waals surface area contributed by atoms with E-state index in [0.29, 0.717) is 6.42 Å². The monoisotopic (exact) mass is 980 g/mol. The van der Waals surface area contributed by atoms with Gasteiger partial charge in [0.15, 0.2) is 18.8 Å². The van der Waals surface area contributed by atoms with Crippen molar-refractivity contribution in [3.8, 4) is 0 Å². The first-order chi connectivity index (χ1) is 32.3. The van der Waals surface area contributed by atoms with Gasteiger partial charge in [-0.15, -0.1) is 0 Å². The van der Waals surface area contributed by atoms with Gasteiger partial charge in [0.25, 0.3) is 0 Å². The molecule has 0 aliphatic carbocycles. The third-order valence-corrected chi connectivity index (χ3v) is 12.0. The molecule has 68 heavy (non-hydrogen) atoms. The molecule has 0 aromatic rings. The Hall–Kier alpha value is -3.66. The Morgan fingerprint density at radius 2 is 1.06 bits per heavy atom. The van der Waals surface area contributed by atoms with E-state index in [4.69, 9.17) is 34.2 Å². The molecular formula is C44H77N5O19. The van der Waals surface area contributed by atoms with E-state index >= 15 is 0 Å². The van der Waals surface area contributed by atoms with Gasteiger partial charge in [-0.05, 0) is 6.42 Å². The van der Waals surface area contributed by atoms with Crippen molar-refractivity contribution in [2.45, 2.75) is 222 Å². The van der Waals surface area contributed by atoms with E-state index in [1.54, 1.807) is 0 Å². The first-order valence-corrected chi connectivity index (χ1v) is 23.8. The Kier molecular flexibility index (Phi) is 26.0. The number of unbranched alkanes of at least 4 members (excludes halogenated alkanes) is 12. The molecule has 0 aromatic heterocycles. The third-order valence-electron chi connectivity index (χ3n) is 12.0. The van der Waals surface area contributed by atoms with Crippen LogP contribution in [0.1, 0.15) is 124 Å². The quantitative estimate of drug-likeness (QED) is 0.0267. The minimum atomic E-state index is -1.95. The van der Waals surface area contributed by atoms with Gasteiger partial charge in [-0.25, -0.2) is 0 Å². The fraction of sp³-hybridized carbons (Fsp3) is 0.864. The zero-order chi connectivity index (χ0) is 50.5. The van der Waals surface area contributed by atoms with Gasteiger partial charge in [-0.1, -0.05) is 84.0 Å². The van der Waals surface area contributed by atoms with Crippen LogP contribution >= 0.6 is 0 Å². The zero-order valence-corrected chi connectivity index (χ0v) is 39.6. The number of esters is 1. The molecule has 3 aliphatic heterocycles. The van der Waals surface area contributed by atoms with Gasteiger partial charge in [0, 0.05) is 27.2 Å². The van der Waals surface area contributed by atoms with Crippen LogP contribution in [0.4, 0.5) is 0 Å². The van der Waals surface area contributed by atoms with Gasteiger partial charge >= 0.3 is 5.97 Å². The van der Waals surface area contributed by atoms with Crippen LogP contribution in [0.5, 0.6) is 0 Å². The lowest BCUT2D eigenvalue weighted by atomic mass is 9.93. The first kappa shape index (κ1) is 58.7. The smallest absolute Gasteiger partial charge is 0.305 e. The van der Waals surface area contributed by atoms with Crippen LogP contribution in [-0.2, 0) is 57.2 Å². The van der Waals surface area contributed by atoms with Crippen molar-refractivity contribution in [1.29, 1.82) is 0 Å². The predicted octanol–water partition coefficient (Wildman–Crippen LogP) is -2.75. The molecule has 0 aromatic carbocycles. The number of hydrogen-bond donors (Lipinski definition) is 12. The summed E-state index contributed by atoms with van der Waals surface area (Å²) in [7, 11) is 0. The highest BCUT2D eigenvalue weighted by Crippen LogP contribution is 2.33. The van der Waals surface area contributed by atoms with Crippen LogP contribution < -0.4 is 27.0 Å². The number of ether oxygens (including phenoxy) is 6. The minimum absolute atomic E-state index is 0.108. The predicted molar refractivity (Wildman–Crippen MR) is 236 cm³/mol. The number of aliphatic hydroxyl groups is 7. The Balaban J connectivity index is 1.64. The van der Waals surface area contributed by atoms with Crippen LogP contribution in [0, 0.1) is 0 Å². The Bertz CT molecular complexity index is 1580. The molecule has 16 atom stereocenters. The maximum atomic E-state index is 13.0. The molecule has 1 unspecified atom stereocenters. The van der Waals surface area contributed by atoms with Gasteiger partial charge in [0.05, 0.1) is 19.6 Å². The van der Waals surface area contributed by atoms with Crippen molar-refractivity contribution in [1.82, 2.24) is 21.3 Å². The molecule has 3 aliphatic rings. The lowest BCUT2D eigenvalue weighted by Gasteiger charge is -2.49. The van der Waals surface area contributed by atoms with E-state index in [9.17, 15) is 64.5 Å². The van der Waals surface area contributed by atoms with Crippen LogP contribution in [0.3, 0.4) is 0 Å². The number of nitrogens with one attached hydrogen (secondary N) is 4. The molecule has 24 nitrogen and oxygen atoms in total. The fourth-order valence-corrected chi connectivity index (χ4v) is 8.41. The van der Waals surface area contributed by atoms with Gasteiger partial charge in [-0.2, -0.15) is 0 Å². The molecule has 0 bridgehead atoms. The molecule has 3 saturated heterocycles. The average Bonchev–Trinajstić information content (AvgIpc) is 3.28. The highest BCUT2D eigenvalue weighted by atomic mass is 16.7. The number of rotatable bonds is 29. The van der Waals surface area contributed by atoms with Crippen molar-refractivity contribution >= 4 is 35.5 Å². The largest absolute Gasteiger partial charge is 0.463 e. The van der Waals surface area contributed by atoms with E-state index in [1.807, 2.05) is 0 Å². The second-order valence-corrected chi connectivity index (χ2v) is 17.8. The fourth-order valence-electron chi connectivity index (χ4n) is 8.41. The lowest BCUT2D eigenvalue weighted by Crippen LogP contribution is -2.71. The summed E-state index contributed by atoms with van der Waals surface area (Å²) in [6, 6.07) is -4.56. The summed E-state index contributed by atoms with van der Waals surface area (Å²) in [4.78, 5) is 73.7. The van der Waals surface area contributed by atoms with E-state index in [2.05, 4.69) is 28.2 Å². The molecule has 13 N–H and O–H groups in total. The molecular weight excluding hydrogens is 902 g/mol. The van der Waals surface area contributed by atoms with Gasteiger partial charge in [-0.3, -0.25) is 28.8 Å². The zero-order valence-electron chi connectivity index (χ0n) is 39.6. The second-order valence-electron chi connectivity index (χ2n) is 17.8. The highest BCUT2D eigenvalue weighted by Gasteiger charge is 2.54. The van der Waals surface area contributed by atoms with Crippen LogP contribution in [0.15, 0.2) is 0 Å². The first-order valence-electron chi connectivity index (χ1n) is 23.8. The number of primary amides is 1. The van der Waals surface area contributed by atoms with Gasteiger partial charge in [0.1, 0.15) is 85.8 Å². The number of hydrogen-bond acceptors (Lipinski definition) is 19.